The molecule has 0 aromatic heterocycles. The van der Waals surface area contributed by atoms with Crippen LogP contribution in [0.1, 0.15) is 31.9 Å². The molecule has 3 nitrogen and oxygen atoms in total. The minimum atomic E-state index is -0.269. The van der Waals surface area contributed by atoms with Gasteiger partial charge < -0.3 is 10.5 Å². The van der Waals surface area contributed by atoms with Crippen LogP contribution in [-0.2, 0) is 11.3 Å². The predicted octanol–water partition coefficient (Wildman–Crippen LogP) is 3.01. The monoisotopic (exact) mass is 252 g/mol. The Morgan fingerprint density at radius 3 is 2.67 bits per heavy atom. The van der Waals surface area contributed by atoms with E-state index < -0.39 is 0 Å². The van der Waals surface area contributed by atoms with E-state index in [1.54, 1.807) is 12.1 Å². The van der Waals surface area contributed by atoms with E-state index in [1.807, 2.05) is 27.7 Å². The maximum Gasteiger partial charge on any atom is 0.282 e. The Kier molecular flexibility index (Phi) is 5.13. The average molecular weight is 252 g/mol. The van der Waals surface area contributed by atoms with Crippen LogP contribution in [0.4, 0.5) is 4.39 Å². The molecule has 0 radical (unpaired) electrons. The second-order valence-electron chi connectivity index (χ2n) is 4.82. The van der Waals surface area contributed by atoms with Crippen molar-refractivity contribution in [2.75, 3.05) is 0 Å². The highest BCUT2D eigenvalue weighted by Gasteiger charge is 2.09. The zero-order valence-electron chi connectivity index (χ0n) is 11.4. The highest BCUT2D eigenvalue weighted by atomic mass is 19.1. The summed E-state index contributed by atoms with van der Waals surface area (Å²) in [7, 11) is 0. The van der Waals surface area contributed by atoms with Crippen LogP contribution >= 0.6 is 0 Å². The van der Waals surface area contributed by atoms with Gasteiger partial charge in [-0.25, -0.2) is 9.38 Å². The maximum atomic E-state index is 13.5. The standard InChI is InChI=1S/C14H21FN2O/c1-9(2)11(4)18-14(16)17-8-12-7-10(3)5-6-13(12)15/h5-7,9,11H,8H2,1-4H3,(H2,16,17)/t11-/m1/s1. The Balaban J connectivity index is 2.65. The van der Waals surface area contributed by atoms with Gasteiger partial charge in [0.05, 0.1) is 6.54 Å². The Morgan fingerprint density at radius 1 is 1.39 bits per heavy atom. The third-order valence-electron chi connectivity index (χ3n) is 2.85. The fraction of sp³-hybridized carbons (Fsp3) is 0.500. The van der Waals surface area contributed by atoms with Gasteiger partial charge in [0.25, 0.3) is 6.02 Å². The van der Waals surface area contributed by atoms with E-state index in [0.29, 0.717) is 11.5 Å². The zero-order chi connectivity index (χ0) is 13.7. The molecule has 0 aliphatic rings. The van der Waals surface area contributed by atoms with Crippen molar-refractivity contribution in [3.05, 3.63) is 35.1 Å². The summed E-state index contributed by atoms with van der Waals surface area (Å²) < 4.78 is 18.9. The van der Waals surface area contributed by atoms with Gasteiger partial charge in [-0.05, 0) is 25.8 Å². The number of hydrogen-bond donors (Lipinski definition) is 1. The summed E-state index contributed by atoms with van der Waals surface area (Å²) in [4.78, 5) is 4.05. The number of nitrogens with zero attached hydrogens (tertiary/aromatic N) is 1. The van der Waals surface area contributed by atoms with Crippen LogP contribution in [0.5, 0.6) is 0 Å². The lowest BCUT2D eigenvalue weighted by molar-refractivity contribution is 0.154. The molecular weight excluding hydrogens is 231 g/mol. The van der Waals surface area contributed by atoms with E-state index in [4.69, 9.17) is 10.5 Å². The Hall–Kier alpha value is -1.58. The second kappa shape index (κ2) is 6.38. The molecule has 18 heavy (non-hydrogen) atoms. The van der Waals surface area contributed by atoms with Gasteiger partial charge in [-0.2, -0.15) is 0 Å². The predicted molar refractivity (Wildman–Crippen MR) is 71.8 cm³/mol. The van der Waals surface area contributed by atoms with Gasteiger partial charge in [0.1, 0.15) is 11.9 Å². The molecule has 0 amide bonds. The van der Waals surface area contributed by atoms with Gasteiger partial charge in [-0.1, -0.05) is 31.5 Å². The molecule has 100 valence electrons. The Bertz CT molecular complexity index is 430. The molecular formula is C14H21FN2O. The lowest BCUT2D eigenvalue weighted by Crippen LogP contribution is -2.26. The summed E-state index contributed by atoms with van der Waals surface area (Å²) in [6.45, 7) is 8.12. The third-order valence-corrected chi connectivity index (χ3v) is 2.85. The zero-order valence-corrected chi connectivity index (χ0v) is 11.4. The molecule has 1 rings (SSSR count). The first-order chi connectivity index (χ1) is 8.40. The number of ether oxygens (including phenoxy) is 1. The molecule has 1 aromatic rings. The summed E-state index contributed by atoms with van der Waals surface area (Å²) in [6.07, 6.45) is -0.00361. The Labute approximate surface area is 108 Å². The summed E-state index contributed by atoms with van der Waals surface area (Å²) in [5, 5.41) is 0. The first-order valence-corrected chi connectivity index (χ1v) is 6.11. The van der Waals surface area contributed by atoms with Crippen molar-refractivity contribution < 1.29 is 9.13 Å². The highest BCUT2D eigenvalue weighted by molar-refractivity contribution is 5.71. The van der Waals surface area contributed by atoms with Gasteiger partial charge in [-0.3, -0.25) is 0 Å². The second-order valence-corrected chi connectivity index (χ2v) is 4.82. The fourth-order valence-corrected chi connectivity index (χ4v) is 1.35. The molecule has 2 N–H and O–H groups in total. The van der Waals surface area contributed by atoms with Crippen molar-refractivity contribution in [3.63, 3.8) is 0 Å². The van der Waals surface area contributed by atoms with E-state index >= 15 is 0 Å². The molecule has 1 atom stereocenters. The largest absolute Gasteiger partial charge is 0.462 e. The summed E-state index contributed by atoms with van der Waals surface area (Å²) in [6, 6.07) is 5.03. The quantitative estimate of drug-likeness (QED) is 0.661. The SMILES string of the molecule is Cc1ccc(F)c(CN=C(N)O[C@H](C)C(C)C)c1. The van der Waals surface area contributed by atoms with Crippen molar-refractivity contribution in [3.8, 4) is 0 Å². The molecule has 0 unspecified atom stereocenters. The molecule has 0 aliphatic carbocycles. The summed E-state index contributed by atoms with van der Waals surface area (Å²) in [5.74, 6) is 0.0866. The lowest BCUT2D eigenvalue weighted by Gasteiger charge is -2.16. The van der Waals surface area contributed by atoms with Crippen LogP contribution in [0.25, 0.3) is 0 Å². The topological polar surface area (TPSA) is 47.6 Å². The number of hydrogen-bond acceptors (Lipinski definition) is 2. The summed E-state index contributed by atoms with van der Waals surface area (Å²) in [5.41, 5.74) is 7.18. The van der Waals surface area contributed by atoms with Gasteiger partial charge in [-0.15, -0.1) is 0 Å². The lowest BCUT2D eigenvalue weighted by atomic mass is 10.1. The van der Waals surface area contributed by atoms with Gasteiger partial charge in [0, 0.05) is 5.56 Å². The van der Waals surface area contributed by atoms with Crippen LogP contribution < -0.4 is 5.73 Å². The minimum Gasteiger partial charge on any atom is -0.462 e. The molecule has 0 saturated heterocycles. The van der Waals surface area contributed by atoms with Crippen molar-refractivity contribution in [2.45, 2.75) is 40.3 Å². The van der Waals surface area contributed by atoms with Crippen LogP contribution in [0.15, 0.2) is 23.2 Å². The molecule has 0 aliphatic heterocycles. The van der Waals surface area contributed by atoms with E-state index in [0.717, 1.165) is 5.56 Å². The van der Waals surface area contributed by atoms with Crippen LogP contribution in [0, 0.1) is 18.7 Å². The molecule has 0 spiro atoms. The van der Waals surface area contributed by atoms with Crippen LogP contribution in [0.2, 0.25) is 0 Å². The third kappa shape index (κ3) is 4.35. The number of halogens is 1. The fourth-order valence-electron chi connectivity index (χ4n) is 1.35. The maximum absolute atomic E-state index is 13.5. The first kappa shape index (κ1) is 14.5. The minimum absolute atomic E-state index is 0.00361. The van der Waals surface area contributed by atoms with E-state index in [2.05, 4.69) is 4.99 Å². The van der Waals surface area contributed by atoms with Gasteiger partial charge >= 0.3 is 0 Å². The van der Waals surface area contributed by atoms with Crippen LogP contribution in [0.3, 0.4) is 0 Å². The Morgan fingerprint density at radius 2 is 2.06 bits per heavy atom. The average Bonchev–Trinajstić information content (AvgIpc) is 2.30. The molecule has 0 bridgehead atoms. The van der Waals surface area contributed by atoms with Crippen molar-refractivity contribution in [1.29, 1.82) is 0 Å². The first-order valence-electron chi connectivity index (χ1n) is 6.11. The van der Waals surface area contributed by atoms with Crippen molar-refractivity contribution >= 4 is 6.02 Å². The van der Waals surface area contributed by atoms with Gasteiger partial charge in [0.15, 0.2) is 0 Å². The number of aryl methyl sites for hydroxylation is 1. The number of rotatable bonds is 4. The highest BCUT2D eigenvalue weighted by Crippen LogP contribution is 2.11. The molecule has 4 heteroatoms. The smallest absolute Gasteiger partial charge is 0.282 e. The molecule has 0 saturated carbocycles. The molecule has 0 heterocycles. The summed E-state index contributed by atoms with van der Waals surface area (Å²) >= 11 is 0. The number of amidine groups is 1. The normalized spacial score (nSPS) is 13.8. The molecule has 1 aromatic carbocycles. The van der Waals surface area contributed by atoms with Gasteiger partial charge in [0.2, 0.25) is 0 Å². The van der Waals surface area contributed by atoms with E-state index in [9.17, 15) is 4.39 Å². The van der Waals surface area contributed by atoms with Crippen molar-refractivity contribution in [2.24, 2.45) is 16.6 Å². The number of aliphatic imine (C=N–C) groups is 1. The number of benzene rings is 1. The van der Waals surface area contributed by atoms with E-state index in [-0.39, 0.29) is 24.5 Å². The number of nitrogens with two attached hydrogens (primary N) is 1. The van der Waals surface area contributed by atoms with Crippen LogP contribution in [-0.4, -0.2) is 12.1 Å². The molecule has 0 fully saturated rings. The van der Waals surface area contributed by atoms with Crippen molar-refractivity contribution in [1.82, 2.24) is 0 Å². The van der Waals surface area contributed by atoms with E-state index in [1.165, 1.54) is 6.07 Å².